The molecule has 8 nitrogen and oxygen atoms in total. The summed E-state index contributed by atoms with van der Waals surface area (Å²) in [5.41, 5.74) is 3.59. The summed E-state index contributed by atoms with van der Waals surface area (Å²) in [6.45, 7) is 2.13. The molecular weight excluding hydrogens is 416 g/mol. The summed E-state index contributed by atoms with van der Waals surface area (Å²) in [5, 5.41) is 3.77. The number of methoxy groups -OCH3 is 1. The maximum Gasteiger partial charge on any atom is 0.276 e. The summed E-state index contributed by atoms with van der Waals surface area (Å²) in [5.74, 6) is 0.936. The van der Waals surface area contributed by atoms with Gasteiger partial charge in [0.05, 0.1) is 18.0 Å². The van der Waals surface area contributed by atoms with Crippen LogP contribution in [0.3, 0.4) is 0 Å². The van der Waals surface area contributed by atoms with Crippen LogP contribution < -0.4 is 10.9 Å². The van der Waals surface area contributed by atoms with Gasteiger partial charge in [-0.05, 0) is 43.3 Å². The van der Waals surface area contributed by atoms with Crippen LogP contribution in [0.25, 0.3) is 17.1 Å². The molecule has 3 heterocycles. The lowest BCUT2D eigenvalue weighted by atomic mass is 10.2. The number of hydrogen-bond donors (Lipinski definition) is 1. The Kier molecular flexibility index (Phi) is 5.83. The van der Waals surface area contributed by atoms with Crippen molar-refractivity contribution in [3.8, 4) is 17.1 Å². The number of halogens is 1. The predicted octanol–water partition coefficient (Wildman–Crippen LogP) is 3.88. The van der Waals surface area contributed by atoms with E-state index in [1.165, 1.54) is 4.68 Å². The second kappa shape index (κ2) is 8.71. The highest BCUT2D eigenvalue weighted by atomic mass is 35.5. The average molecular weight is 437 g/mol. The number of benzene rings is 1. The van der Waals surface area contributed by atoms with E-state index in [0.717, 1.165) is 16.9 Å². The fraction of sp³-hybridized carbons (Fsp3) is 0.182. The maximum atomic E-state index is 12.8. The van der Waals surface area contributed by atoms with Crippen molar-refractivity contribution in [2.45, 2.75) is 13.5 Å². The van der Waals surface area contributed by atoms with Gasteiger partial charge in [-0.2, -0.15) is 4.68 Å². The minimum absolute atomic E-state index is 0.134. The summed E-state index contributed by atoms with van der Waals surface area (Å²) < 4.78 is 8.52. The Labute approximate surface area is 184 Å². The molecule has 4 aromatic rings. The molecule has 0 amide bonds. The van der Waals surface area contributed by atoms with Gasteiger partial charge in [0.25, 0.3) is 5.56 Å². The number of aromatic nitrogens is 5. The van der Waals surface area contributed by atoms with Crippen LogP contribution in [-0.2, 0) is 18.4 Å². The van der Waals surface area contributed by atoms with E-state index < -0.39 is 0 Å². The van der Waals surface area contributed by atoms with E-state index in [9.17, 15) is 4.79 Å². The van der Waals surface area contributed by atoms with Gasteiger partial charge in [0.1, 0.15) is 0 Å². The number of pyridine rings is 1. The second-order valence-electron chi connectivity index (χ2n) is 6.95. The van der Waals surface area contributed by atoms with Crippen molar-refractivity contribution in [3.63, 3.8) is 0 Å². The number of rotatable bonds is 6. The maximum absolute atomic E-state index is 12.8. The lowest BCUT2D eigenvalue weighted by Gasteiger charge is -2.11. The SMILES string of the molecule is COCc1c(C)c(=O)n(-c2cc(-c3ccnc(Nc4cccc(Cl)c4)n3)ccn2)n1C. The van der Waals surface area contributed by atoms with Crippen LogP contribution in [0.1, 0.15) is 11.3 Å². The Morgan fingerprint density at radius 2 is 1.94 bits per heavy atom. The molecule has 0 saturated carbocycles. The third-order valence-electron chi connectivity index (χ3n) is 4.91. The highest BCUT2D eigenvalue weighted by Crippen LogP contribution is 2.22. The molecule has 0 atom stereocenters. The van der Waals surface area contributed by atoms with E-state index >= 15 is 0 Å². The topological polar surface area (TPSA) is 86.9 Å². The Morgan fingerprint density at radius 3 is 2.71 bits per heavy atom. The first kappa shape index (κ1) is 20.8. The molecule has 0 radical (unpaired) electrons. The van der Waals surface area contributed by atoms with Crippen LogP contribution in [0.15, 0.2) is 59.7 Å². The van der Waals surface area contributed by atoms with Crippen LogP contribution >= 0.6 is 11.6 Å². The van der Waals surface area contributed by atoms with E-state index in [2.05, 4.69) is 20.3 Å². The lowest BCUT2D eigenvalue weighted by molar-refractivity contribution is 0.176. The molecule has 0 aliphatic rings. The molecule has 0 bridgehead atoms. The van der Waals surface area contributed by atoms with E-state index in [-0.39, 0.29) is 5.56 Å². The lowest BCUT2D eigenvalue weighted by Crippen LogP contribution is -2.21. The monoisotopic (exact) mass is 436 g/mol. The molecule has 1 aromatic carbocycles. The first-order chi connectivity index (χ1) is 15.0. The molecular formula is C22H21ClN6O2. The Hall–Kier alpha value is -3.49. The predicted molar refractivity (Wildman–Crippen MR) is 120 cm³/mol. The molecule has 3 aromatic heterocycles. The molecule has 4 rings (SSSR count). The van der Waals surface area contributed by atoms with Crippen LogP contribution in [0.2, 0.25) is 5.02 Å². The van der Waals surface area contributed by atoms with Gasteiger partial charge in [-0.1, -0.05) is 17.7 Å². The highest BCUT2D eigenvalue weighted by Gasteiger charge is 2.17. The van der Waals surface area contributed by atoms with Crippen molar-refractivity contribution in [2.75, 3.05) is 12.4 Å². The first-order valence-electron chi connectivity index (χ1n) is 9.57. The van der Waals surface area contributed by atoms with Crippen molar-refractivity contribution in [1.29, 1.82) is 0 Å². The van der Waals surface area contributed by atoms with Crippen LogP contribution in [0.4, 0.5) is 11.6 Å². The molecule has 1 N–H and O–H groups in total. The molecule has 0 spiro atoms. The smallest absolute Gasteiger partial charge is 0.276 e. The Morgan fingerprint density at radius 1 is 1.13 bits per heavy atom. The summed E-state index contributed by atoms with van der Waals surface area (Å²) in [6, 6.07) is 12.8. The molecule has 0 fully saturated rings. The third-order valence-corrected chi connectivity index (χ3v) is 5.15. The molecule has 0 aliphatic heterocycles. The molecule has 158 valence electrons. The van der Waals surface area contributed by atoms with Crippen LogP contribution in [0.5, 0.6) is 0 Å². The highest BCUT2D eigenvalue weighted by molar-refractivity contribution is 6.30. The standard InChI is InChI=1S/C22H21ClN6O2/c1-14-19(13-31-3)28(2)29(21(14)30)20-11-15(7-9-24-20)18-8-10-25-22(27-18)26-17-6-4-5-16(23)12-17/h4-12H,13H2,1-3H3,(H,25,26,27). The van der Waals surface area contributed by atoms with E-state index in [1.54, 1.807) is 49.3 Å². The Balaban J connectivity index is 1.70. The third kappa shape index (κ3) is 4.21. The molecule has 0 aliphatic carbocycles. The fourth-order valence-electron chi connectivity index (χ4n) is 3.35. The normalized spacial score (nSPS) is 11.0. The van der Waals surface area contributed by atoms with E-state index in [1.807, 2.05) is 31.3 Å². The zero-order valence-corrected chi connectivity index (χ0v) is 18.1. The number of anilines is 2. The zero-order chi connectivity index (χ0) is 22.0. The minimum atomic E-state index is -0.134. The average Bonchev–Trinajstić information content (AvgIpc) is 2.97. The van der Waals surface area contributed by atoms with Crippen molar-refractivity contribution in [2.24, 2.45) is 7.05 Å². The van der Waals surface area contributed by atoms with Crippen molar-refractivity contribution in [3.05, 3.63) is 81.5 Å². The number of hydrogen-bond acceptors (Lipinski definition) is 6. The quantitative estimate of drug-likeness (QED) is 0.493. The first-order valence-corrected chi connectivity index (χ1v) is 9.94. The van der Waals surface area contributed by atoms with Gasteiger partial charge in [-0.25, -0.2) is 15.0 Å². The van der Waals surface area contributed by atoms with E-state index in [0.29, 0.717) is 34.7 Å². The number of ether oxygens (including phenoxy) is 1. The zero-order valence-electron chi connectivity index (χ0n) is 17.3. The van der Waals surface area contributed by atoms with Gasteiger partial charge < -0.3 is 10.1 Å². The van der Waals surface area contributed by atoms with Crippen LogP contribution in [-0.4, -0.2) is 31.4 Å². The summed E-state index contributed by atoms with van der Waals surface area (Å²) >= 11 is 6.05. The van der Waals surface area contributed by atoms with Gasteiger partial charge in [-0.15, -0.1) is 0 Å². The number of nitrogens with zero attached hydrogens (tertiary/aromatic N) is 5. The Bertz CT molecular complexity index is 1300. The van der Waals surface area contributed by atoms with Gasteiger partial charge in [-0.3, -0.25) is 9.48 Å². The molecule has 9 heteroatoms. The van der Waals surface area contributed by atoms with E-state index in [4.69, 9.17) is 16.3 Å². The van der Waals surface area contributed by atoms with Gasteiger partial charge in [0, 0.05) is 48.4 Å². The van der Waals surface area contributed by atoms with Gasteiger partial charge in [0.15, 0.2) is 5.82 Å². The summed E-state index contributed by atoms with van der Waals surface area (Å²) in [6.07, 6.45) is 3.33. The largest absolute Gasteiger partial charge is 0.378 e. The van der Waals surface area contributed by atoms with Crippen molar-refractivity contribution in [1.82, 2.24) is 24.3 Å². The summed E-state index contributed by atoms with van der Waals surface area (Å²) in [7, 11) is 3.42. The number of nitrogens with one attached hydrogen (secondary N) is 1. The van der Waals surface area contributed by atoms with Gasteiger partial charge in [0.2, 0.25) is 5.95 Å². The van der Waals surface area contributed by atoms with Gasteiger partial charge >= 0.3 is 0 Å². The second-order valence-corrected chi connectivity index (χ2v) is 7.39. The van der Waals surface area contributed by atoms with Crippen molar-refractivity contribution < 1.29 is 4.74 Å². The molecule has 0 unspecified atom stereocenters. The van der Waals surface area contributed by atoms with Crippen molar-refractivity contribution >= 4 is 23.2 Å². The van der Waals surface area contributed by atoms with Crippen LogP contribution in [0, 0.1) is 6.92 Å². The molecule has 0 saturated heterocycles. The summed E-state index contributed by atoms with van der Waals surface area (Å²) in [4.78, 5) is 26.1. The minimum Gasteiger partial charge on any atom is -0.378 e. The molecule has 31 heavy (non-hydrogen) atoms. The fourth-order valence-corrected chi connectivity index (χ4v) is 3.54.